The van der Waals surface area contributed by atoms with Crippen molar-refractivity contribution < 1.29 is 19.5 Å². The summed E-state index contributed by atoms with van der Waals surface area (Å²) in [5.74, 6) is 0. The molecule has 1 aliphatic heterocycles. The summed E-state index contributed by atoms with van der Waals surface area (Å²) in [6.45, 7) is 10.1. The minimum Gasteiger partial charge on any atom is -0.399 e. The van der Waals surface area contributed by atoms with Gasteiger partial charge >= 0.3 is 7.12 Å². The summed E-state index contributed by atoms with van der Waals surface area (Å²) in [6, 6.07) is 0.0150. The fourth-order valence-electron chi connectivity index (χ4n) is 3.17. The smallest absolute Gasteiger partial charge is 0.399 e. The van der Waals surface area contributed by atoms with Crippen LogP contribution in [0.3, 0.4) is 0 Å². The summed E-state index contributed by atoms with van der Waals surface area (Å²) in [6.07, 6.45) is 1.47. The molecule has 1 aromatic heterocycles. The van der Waals surface area contributed by atoms with Crippen LogP contribution in [0.1, 0.15) is 52.3 Å². The van der Waals surface area contributed by atoms with Crippen molar-refractivity contribution in [1.29, 1.82) is 0 Å². The Kier molecular flexibility index (Phi) is 3.68. The molecule has 0 spiro atoms. The first-order valence-corrected chi connectivity index (χ1v) is 7.88. The predicted octanol–water partition coefficient (Wildman–Crippen LogP) is 0.547. The van der Waals surface area contributed by atoms with Crippen LogP contribution in [0.25, 0.3) is 0 Å². The summed E-state index contributed by atoms with van der Waals surface area (Å²) < 4.78 is 14.0. The molecule has 3 atom stereocenters. The van der Waals surface area contributed by atoms with Crippen molar-refractivity contribution in [2.75, 3.05) is 0 Å². The first-order valence-electron chi connectivity index (χ1n) is 7.88. The van der Waals surface area contributed by atoms with Crippen LogP contribution in [-0.2, 0) is 9.31 Å². The van der Waals surface area contributed by atoms with Gasteiger partial charge in [0, 0.05) is 17.4 Å². The van der Waals surface area contributed by atoms with Gasteiger partial charge in [0.1, 0.15) is 0 Å². The van der Waals surface area contributed by atoms with Crippen molar-refractivity contribution in [2.45, 2.75) is 76.9 Å². The van der Waals surface area contributed by atoms with Crippen molar-refractivity contribution in [1.82, 2.24) is 9.78 Å². The second kappa shape index (κ2) is 5.06. The lowest BCUT2D eigenvalue weighted by Gasteiger charge is -2.32. The summed E-state index contributed by atoms with van der Waals surface area (Å²) in [5, 5.41) is 23.9. The van der Waals surface area contributed by atoms with E-state index in [1.54, 1.807) is 6.20 Å². The Bertz CT molecular complexity index is 546. The highest BCUT2D eigenvalue weighted by Gasteiger charge is 2.52. The Balaban J connectivity index is 1.83. The SMILES string of the molecule is Cc1c(B2OC(C)(C)C(C)(C)O2)cnn1C1C[C@@H](O)[C@@H](O)C1. The van der Waals surface area contributed by atoms with Gasteiger partial charge in [-0.15, -0.1) is 0 Å². The number of aliphatic hydroxyl groups is 2. The van der Waals surface area contributed by atoms with E-state index in [4.69, 9.17) is 9.31 Å². The summed E-state index contributed by atoms with van der Waals surface area (Å²) in [4.78, 5) is 0. The van der Waals surface area contributed by atoms with Gasteiger partial charge in [-0.3, -0.25) is 4.68 Å². The van der Waals surface area contributed by atoms with Crippen molar-refractivity contribution in [2.24, 2.45) is 0 Å². The number of hydrogen-bond acceptors (Lipinski definition) is 5. The average molecular weight is 308 g/mol. The first-order chi connectivity index (χ1) is 10.1. The molecule has 1 saturated heterocycles. The molecule has 7 heteroatoms. The molecule has 0 bridgehead atoms. The lowest BCUT2D eigenvalue weighted by molar-refractivity contribution is 0.00578. The van der Waals surface area contributed by atoms with Crippen molar-refractivity contribution in [3.05, 3.63) is 11.9 Å². The Morgan fingerprint density at radius 2 is 1.64 bits per heavy atom. The van der Waals surface area contributed by atoms with Crippen LogP contribution in [-0.4, -0.2) is 50.5 Å². The summed E-state index contributed by atoms with van der Waals surface area (Å²) in [5.41, 5.74) is 1.11. The van der Waals surface area contributed by atoms with E-state index < -0.39 is 19.3 Å². The zero-order valence-corrected chi connectivity index (χ0v) is 13.9. The van der Waals surface area contributed by atoms with Crippen molar-refractivity contribution >= 4 is 12.6 Å². The molecule has 2 aliphatic rings. The van der Waals surface area contributed by atoms with Crippen molar-refractivity contribution in [3.63, 3.8) is 0 Å². The number of nitrogens with zero attached hydrogens (tertiary/aromatic N) is 2. The third-order valence-electron chi connectivity index (χ3n) is 5.41. The molecule has 1 unspecified atom stereocenters. The predicted molar refractivity (Wildman–Crippen MR) is 83.0 cm³/mol. The summed E-state index contributed by atoms with van der Waals surface area (Å²) >= 11 is 0. The minimum absolute atomic E-state index is 0.0150. The molecule has 6 nitrogen and oxygen atoms in total. The third-order valence-corrected chi connectivity index (χ3v) is 5.41. The van der Waals surface area contributed by atoms with E-state index in [1.165, 1.54) is 0 Å². The molecule has 0 radical (unpaired) electrons. The van der Waals surface area contributed by atoms with Gasteiger partial charge in [0.05, 0.1) is 29.5 Å². The molecule has 0 aromatic carbocycles. The van der Waals surface area contributed by atoms with Gasteiger partial charge in [0.2, 0.25) is 0 Å². The van der Waals surface area contributed by atoms with Crippen LogP contribution in [0, 0.1) is 6.92 Å². The maximum absolute atomic E-state index is 9.74. The van der Waals surface area contributed by atoms with Gasteiger partial charge in [0.25, 0.3) is 0 Å². The van der Waals surface area contributed by atoms with Crippen LogP contribution in [0.4, 0.5) is 0 Å². The van der Waals surface area contributed by atoms with Crippen LogP contribution in [0.15, 0.2) is 6.20 Å². The maximum Gasteiger partial charge on any atom is 0.498 e. The molecule has 1 aromatic rings. The van der Waals surface area contributed by atoms with Crippen LogP contribution < -0.4 is 5.46 Å². The number of aromatic nitrogens is 2. The Labute approximate surface area is 131 Å². The fraction of sp³-hybridized carbons (Fsp3) is 0.800. The molecule has 2 heterocycles. The van der Waals surface area contributed by atoms with Crippen LogP contribution >= 0.6 is 0 Å². The molecular formula is C15H25BN2O4. The number of hydrogen-bond donors (Lipinski definition) is 2. The van der Waals surface area contributed by atoms with E-state index in [9.17, 15) is 10.2 Å². The maximum atomic E-state index is 9.74. The van der Waals surface area contributed by atoms with E-state index in [0.29, 0.717) is 12.8 Å². The molecule has 2 N–H and O–H groups in total. The number of aliphatic hydroxyl groups excluding tert-OH is 2. The number of rotatable bonds is 2. The monoisotopic (exact) mass is 308 g/mol. The van der Waals surface area contributed by atoms with Crippen LogP contribution in [0.2, 0.25) is 0 Å². The largest absolute Gasteiger partial charge is 0.498 e. The molecular weight excluding hydrogens is 283 g/mol. The normalized spacial score (nSPS) is 33.6. The van der Waals surface area contributed by atoms with Crippen LogP contribution in [0.5, 0.6) is 0 Å². The topological polar surface area (TPSA) is 76.7 Å². The van der Waals surface area contributed by atoms with E-state index in [0.717, 1.165) is 11.2 Å². The Hall–Kier alpha value is -0.885. The van der Waals surface area contributed by atoms with E-state index in [1.807, 2.05) is 39.3 Å². The summed E-state index contributed by atoms with van der Waals surface area (Å²) in [7, 11) is -0.435. The highest BCUT2D eigenvalue weighted by atomic mass is 16.7. The molecule has 22 heavy (non-hydrogen) atoms. The molecule has 2 fully saturated rings. The molecule has 1 aliphatic carbocycles. The van der Waals surface area contributed by atoms with E-state index >= 15 is 0 Å². The zero-order chi connectivity index (χ0) is 16.3. The second-order valence-electron chi connectivity index (χ2n) is 7.48. The highest BCUT2D eigenvalue weighted by molar-refractivity contribution is 6.62. The van der Waals surface area contributed by atoms with Gasteiger partial charge in [-0.1, -0.05) is 0 Å². The Morgan fingerprint density at radius 1 is 1.14 bits per heavy atom. The average Bonchev–Trinajstić information content (AvgIpc) is 2.97. The second-order valence-corrected chi connectivity index (χ2v) is 7.48. The van der Waals surface area contributed by atoms with E-state index in [2.05, 4.69) is 5.10 Å². The molecule has 122 valence electrons. The van der Waals surface area contributed by atoms with Gasteiger partial charge in [0.15, 0.2) is 0 Å². The van der Waals surface area contributed by atoms with E-state index in [-0.39, 0.29) is 17.2 Å². The Morgan fingerprint density at radius 3 is 2.14 bits per heavy atom. The standard InChI is InChI=1S/C15H25BN2O4/c1-9-11(16-21-14(2,3)15(4,5)22-16)8-17-18(9)10-6-12(19)13(20)7-10/h8,10,12-13,19-20H,6-7H2,1-5H3/t10?,12-,13+. The molecule has 3 rings (SSSR count). The molecule has 1 saturated carbocycles. The lowest BCUT2D eigenvalue weighted by atomic mass is 9.79. The first kappa shape index (κ1) is 16.0. The van der Waals surface area contributed by atoms with Gasteiger partial charge in [-0.2, -0.15) is 5.10 Å². The van der Waals surface area contributed by atoms with Gasteiger partial charge in [-0.25, -0.2) is 0 Å². The highest BCUT2D eigenvalue weighted by Crippen LogP contribution is 2.37. The van der Waals surface area contributed by atoms with Gasteiger partial charge in [-0.05, 0) is 47.5 Å². The van der Waals surface area contributed by atoms with Crippen molar-refractivity contribution in [3.8, 4) is 0 Å². The zero-order valence-electron chi connectivity index (χ0n) is 13.9. The lowest BCUT2D eigenvalue weighted by Crippen LogP contribution is -2.41. The molecule has 0 amide bonds. The van der Waals surface area contributed by atoms with Gasteiger partial charge < -0.3 is 19.5 Å². The quantitative estimate of drug-likeness (QED) is 0.780. The minimum atomic E-state index is -0.672. The fourth-order valence-corrected chi connectivity index (χ4v) is 3.17. The third kappa shape index (κ3) is 2.40.